The van der Waals surface area contributed by atoms with Crippen molar-refractivity contribution >= 4 is 5.82 Å². The molecule has 2 saturated carbocycles. The molecule has 9 heteroatoms. The Labute approximate surface area is 180 Å². The van der Waals surface area contributed by atoms with Crippen molar-refractivity contribution in [2.45, 2.75) is 57.4 Å². The number of aromatic nitrogens is 3. The molecule has 31 heavy (non-hydrogen) atoms. The summed E-state index contributed by atoms with van der Waals surface area (Å²) in [5.74, 6) is 1.71. The third kappa shape index (κ3) is 3.67. The molecule has 3 fully saturated rings. The summed E-state index contributed by atoms with van der Waals surface area (Å²) in [4.78, 5) is 6.57. The number of hydrogen-bond acceptors (Lipinski definition) is 6. The first-order valence-corrected chi connectivity index (χ1v) is 10.9. The molecule has 5 rings (SSSR count). The van der Waals surface area contributed by atoms with Crippen LogP contribution in [0.1, 0.15) is 44.3 Å². The van der Waals surface area contributed by atoms with Gasteiger partial charge in [0.25, 0.3) is 0 Å². The monoisotopic (exact) mass is 433 g/mol. The second-order valence-electron chi connectivity index (χ2n) is 9.27. The summed E-state index contributed by atoms with van der Waals surface area (Å²) in [6.45, 7) is 3.36. The molecule has 2 N–H and O–H groups in total. The van der Waals surface area contributed by atoms with Gasteiger partial charge in [-0.3, -0.25) is 9.58 Å². The van der Waals surface area contributed by atoms with Gasteiger partial charge in [-0.1, -0.05) is 0 Å². The number of rotatable bonds is 7. The third-order valence-corrected chi connectivity index (χ3v) is 7.13. The van der Waals surface area contributed by atoms with Gasteiger partial charge in [0.1, 0.15) is 0 Å². The van der Waals surface area contributed by atoms with Crippen molar-refractivity contribution < 1.29 is 18.3 Å². The minimum Gasteiger partial charge on any atom is -0.431 e. The Bertz CT molecular complexity index is 947. The van der Waals surface area contributed by atoms with Gasteiger partial charge in [-0.05, 0) is 50.7 Å². The van der Waals surface area contributed by atoms with Crippen molar-refractivity contribution in [1.82, 2.24) is 19.7 Å². The van der Waals surface area contributed by atoms with Gasteiger partial charge in [0.2, 0.25) is 0 Å². The number of alkyl halides is 2. The van der Waals surface area contributed by atoms with Crippen molar-refractivity contribution in [3.63, 3.8) is 0 Å². The van der Waals surface area contributed by atoms with Crippen LogP contribution >= 0.6 is 0 Å². The number of nitrogen functional groups attached to an aromatic ring is 1. The Morgan fingerprint density at radius 3 is 2.48 bits per heavy atom. The first-order valence-electron chi connectivity index (χ1n) is 10.9. The van der Waals surface area contributed by atoms with E-state index in [1.165, 1.54) is 24.6 Å². The van der Waals surface area contributed by atoms with Crippen LogP contribution in [0.2, 0.25) is 0 Å². The van der Waals surface area contributed by atoms with Crippen molar-refractivity contribution in [3.05, 3.63) is 24.0 Å². The zero-order chi connectivity index (χ0) is 21.9. The summed E-state index contributed by atoms with van der Waals surface area (Å²) in [7, 11) is 1.79. The highest BCUT2D eigenvalue weighted by Gasteiger charge is 2.59. The van der Waals surface area contributed by atoms with Gasteiger partial charge in [0.05, 0.1) is 11.8 Å². The molecule has 1 aliphatic heterocycles. The van der Waals surface area contributed by atoms with E-state index in [0.29, 0.717) is 41.2 Å². The molecule has 0 unspecified atom stereocenters. The maximum Gasteiger partial charge on any atom is 0.387 e. The fourth-order valence-corrected chi connectivity index (χ4v) is 5.46. The lowest BCUT2D eigenvalue weighted by Crippen LogP contribution is -2.55. The van der Waals surface area contributed by atoms with Crippen LogP contribution in [-0.4, -0.2) is 58.6 Å². The molecule has 1 saturated heterocycles. The molecule has 168 valence electrons. The summed E-state index contributed by atoms with van der Waals surface area (Å²) in [5, 5.41) is 4.79. The smallest absolute Gasteiger partial charge is 0.387 e. The molecular weight excluding hydrogens is 404 g/mol. The highest BCUT2D eigenvalue weighted by molar-refractivity contribution is 5.64. The molecule has 3 aliphatic rings. The average Bonchev–Trinajstić information content (AvgIpc) is 3.05. The van der Waals surface area contributed by atoms with Crippen molar-refractivity contribution in [2.24, 2.45) is 11.8 Å². The Morgan fingerprint density at radius 2 is 1.87 bits per heavy atom. The van der Waals surface area contributed by atoms with Crippen LogP contribution in [0.3, 0.4) is 0 Å². The van der Waals surface area contributed by atoms with Gasteiger partial charge < -0.3 is 15.2 Å². The normalized spacial score (nSPS) is 28.2. The van der Waals surface area contributed by atoms with E-state index in [0.717, 1.165) is 13.1 Å². The number of pyridine rings is 1. The fourth-order valence-electron chi connectivity index (χ4n) is 5.46. The summed E-state index contributed by atoms with van der Waals surface area (Å²) < 4.78 is 37.3. The molecule has 0 radical (unpaired) electrons. The van der Waals surface area contributed by atoms with E-state index in [4.69, 9.17) is 15.6 Å². The Hall–Kier alpha value is -2.26. The lowest BCUT2D eigenvalue weighted by atomic mass is 9.99. The molecule has 4 atom stereocenters. The second kappa shape index (κ2) is 7.70. The minimum absolute atomic E-state index is 0.0583. The second-order valence-corrected chi connectivity index (χ2v) is 9.27. The van der Waals surface area contributed by atoms with Crippen LogP contribution in [-0.2, 0) is 4.74 Å². The fraction of sp³-hybridized carbons (Fsp3) is 0.636. The number of ether oxygens (including phenoxy) is 2. The number of hydrogen-bond donors (Lipinski definition) is 1. The third-order valence-electron chi connectivity index (χ3n) is 7.13. The van der Waals surface area contributed by atoms with Crippen LogP contribution in [0.15, 0.2) is 18.3 Å². The SMILES string of the molecule is COC1CN([C@H]2C[C@@H]3[C@H](C2)[C@H]3c2cc(-c3cnc(N)c(OC(F)F)c3)nn2C(C)C)C1. The molecule has 2 aliphatic carbocycles. The molecule has 2 aromatic rings. The lowest BCUT2D eigenvalue weighted by molar-refractivity contribution is -0.0516. The molecule has 0 aromatic carbocycles. The Morgan fingerprint density at radius 1 is 1.16 bits per heavy atom. The Balaban J connectivity index is 1.34. The number of fused-ring (bicyclic) bond motifs is 1. The highest BCUT2D eigenvalue weighted by Crippen LogP contribution is 2.64. The molecular formula is C22H29F2N5O2. The molecule has 0 bridgehead atoms. The quantitative estimate of drug-likeness (QED) is 0.720. The standard InChI is InChI=1S/C22H29F2N5O2/c1-11(2)29-18(20-15-5-13(6-16(15)20)28-9-14(10-28)30-3)7-17(27-29)12-4-19(31-22(23)24)21(25)26-8-12/h4,7-8,11,13-16,20,22H,5-6,9-10H2,1-3H3,(H2,25,26)/t13-,15+,16-,20-. The van der Waals surface area contributed by atoms with E-state index in [1.807, 2.05) is 0 Å². The van der Waals surface area contributed by atoms with Crippen LogP contribution < -0.4 is 10.5 Å². The van der Waals surface area contributed by atoms with Gasteiger partial charge in [-0.15, -0.1) is 0 Å². The average molecular weight is 434 g/mol. The Kier molecular flexibility index (Phi) is 5.13. The van der Waals surface area contributed by atoms with Gasteiger partial charge in [0, 0.05) is 55.7 Å². The maximum atomic E-state index is 12.7. The zero-order valence-corrected chi connectivity index (χ0v) is 18.0. The van der Waals surface area contributed by atoms with E-state index in [1.54, 1.807) is 13.3 Å². The molecule has 2 aromatic heterocycles. The van der Waals surface area contributed by atoms with Crippen LogP contribution in [0.5, 0.6) is 5.75 Å². The number of methoxy groups -OCH3 is 1. The van der Waals surface area contributed by atoms with Gasteiger partial charge in [-0.2, -0.15) is 13.9 Å². The van der Waals surface area contributed by atoms with E-state index in [-0.39, 0.29) is 17.6 Å². The molecule has 3 heterocycles. The first kappa shape index (κ1) is 20.6. The van der Waals surface area contributed by atoms with Crippen molar-refractivity contribution in [3.8, 4) is 17.0 Å². The number of nitrogens with zero attached hydrogens (tertiary/aromatic N) is 4. The van der Waals surface area contributed by atoms with Crippen LogP contribution in [0.4, 0.5) is 14.6 Å². The van der Waals surface area contributed by atoms with Crippen LogP contribution in [0, 0.1) is 11.8 Å². The van der Waals surface area contributed by atoms with Gasteiger partial charge >= 0.3 is 6.61 Å². The van der Waals surface area contributed by atoms with E-state index in [2.05, 4.69) is 39.2 Å². The molecule has 0 amide bonds. The summed E-state index contributed by atoms with van der Waals surface area (Å²) in [5.41, 5.74) is 8.25. The maximum absolute atomic E-state index is 12.7. The number of nitrogens with two attached hydrogens (primary N) is 1. The van der Waals surface area contributed by atoms with Gasteiger partial charge in [-0.25, -0.2) is 4.98 Å². The zero-order valence-electron chi connectivity index (χ0n) is 18.0. The summed E-state index contributed by atoms with van der Waals surface area (Å²) >= 11 is 0. The largest absolute Gasteiger partial charge is 0.431 e. The van der Waals surface area contributed by atoms with Crippen molar-refractivity contribution in [2.75, 3.05) is 25.9 Å². The predicted molar refractivity (Wildman–Crippen MR) is 112 cm³/mol. The highest BCUT2D eigenvalue weighted by atomic mass is 19.3. The first-order chi connectivity index (χ1) is 14.9. The van der Waals surface area contributed by atoms with Crippen molar-refractivity contribution in [1.29, 1.82) is 0 Å². The summed E-state index contributed by atoms with van der Waals surface area (Å²) in [6.07, 6.45) is 4.40. The topological polar surface area (TPSA) is 78.4 Å². The van der Waals surface area contributed by atoms with E-state index < -0.39 is 6.61 Å². The lowest BCUT2D eigenvalue weighted by Gasteiger charge is -2.43. The number of anilines is 1. The minimum atomic E-state index is -2.95. The van der Waals surface area contributed by atoms with E-state index in [9.17, 15) is 8.78 Å². The van der Waals surface area contributed by atoms with E-state index >= 15 is 0 Å². The predicted octanol–water partition coefficient (Wildman–Crippen LogP) is 3.53. The molecule has 0 spiro atoms. The van der Waals surface area contributed by atoms with Gasteiger partial charge in [0.15, 0.2) is 11.6 Å². The number of halogens is 2. The summed E-state index contributed by atoms with van der Waals surface area (Å²) in [6, 6.07) is 4.45. The van der Waals surface area contributed by atoms with Crippen LogP contribution in [0.25, 0.3) is 11.3 Å². The molecule has 7 nitrogen and oxygen atoms in total. The number of likely N-dealkylation sites (tertiary alicyclic amines) is 1.